The van der Waals surface area contributed by atoms with Gasteiger partial charge in [0.25, 0.3) is 0 Å². The number of benzene rings is 2. The quantitative estimate of drug-likeness (QED) is 0.660. The monoisotopic (exact) mass is 354 g/mol. The fourth-order valence-electron chi connectivity index (χ4n) is 2.88. The lowest BCUT2D eigenvalue weighted by atomic mass is 10.1. The number of imidazole rings is 1. The fraction of sp³-hybridized carbons (Fsp3) is 0.300. The summed E-state index contributed by atoms with van der Waals surface area (Å²) in [4.78, 5) is 16.0. The first-order valence-corrected chi connectivity index (χ1v) is 8.41. The van der Waals surface area contributed by atoms with E-state index in [1.165, 1.54) is 14.0 Å². The highest BCUT2D eigenvalue weighted by molar-refractivity contribution is 5.94. The van der Waals surface area contributed by atoms with Crippen molar-refractivity contribution >= 4 is 16.8 Å². The largest absolute Gasteiger partial charge is 0.493 e. The van der Waals surface area contributed by atoms with Crippen LogP contribution in [0.1, 0.15) is 23.1 Å². The van der Waals surface area contributed by atoms with Crippen LogP contribution in [-0.2, 0) is 6.54 Å². The van der Waals surface area contributed by atoms with Gasteiger partial charge >= 0.3 is 0 Å². The van der Waals surface area contributed by atoms with Crippen molar-refractivity contribution in [2.45, 2.75) is 26.5 Å². The lowest BCUT2D eigenvalue weighted by molar-refractivity contribution is 0.0913. The van der Waals surface area contributed by atoms with E-state index in [1.54, 1.807) is 18.2 Å². The molecule has 6 nitrogen and oxygen atoms in total. The number of fused-ring (bicyclic) bond motifs is 1. The summed E-state index contributed by atoms with van der Waals surface area (Å²) in [5.41, 5.74) is 2.43. The summed E-state index contributed by atoms with van der Waals surface area (Å²) in [6, 6.07) is 12.8. The first-order chi connectivity index (χ1) is 12.5. The lowest BCUT2D eigenvalue weighted by Gasteiger charge is -2.16. The highest BCUT2D eigenvalue weighted by Crippen LogP contribution is 2.28. The second-order valence-electron chi connectivity index (χ2n) is 6.14. The second kappa shape index (κ2) is 7.58. The van der Waals surface area contributed by atoms with E-state index in [0.29, 0.717) is 23.6 Å². The number of hydrogen-bond donors (Lipinski definition) is 1. The van der Waals surface area contributed by atoms with E-state index in [9.17, 15) is 9.90 Å². The van der Waals surface area contributed by atoms with E-state index >= 15 is 0 Å². The highest BCUT2D eigenvalue weighted by atomic mass is 16.5. The molecular weight excluding hydrogens is 332 g/mol. The molecule has 0 radical (unpaired) electrons. The molecular formula is C20H22N2O4. The molecule has 1 aromatic heterocycles. The van der Waals surface area contributed by atoms with Gasteiger partial charge in [-0.2, -0.15) is 0 Å². The zero-order valence-electron chi connectivity index (χ0n) is 15.1. The van der Waals surface area contributed by atoms with Gasteiger partial charge in [0.05, 0.1) is 24.7 Å². The molecule has 0 aliphatic heterocycles. The number of Topliss-reactive ketones (excluding diaryl/α,β-unsaturated/α-hetero) is 1. The van der Waals surface area contributed by atoms with Crippen LogP contribution in [-0.4, -0.2) is 40.3 Å². The summed E-state index contributed by atoms with van der Waals surface area (Å²) in [5.74, 6) is 1.75. The van der Waals surface area contributed by atoms with E-state index in [0.717, 1.165) is 16.9 Å². The van der Waals surface area contributed by atoms with Crippen molar-refractivity contribution in [1.82, 2.24) is 9.55 Å². The standard InChI is InChI=1S/C20H22N2O4/c1-13(23)15-8-9-19(20(10-15)25-3)26-12-16(24)11-22-14(2)21-17-6-4-5-7-18(17)22/h4-10,16,24H,11-12H2,1-3H3/t16-/m1/s1. The van der Waals surface area contributed by atoms with Gasteiger partial charge in [-0.3, -0.25) is 4.79 Å². The molecule has 0 fully saturated rings. The van der Waals surface area contributed by atoms with E-state index in [1.807, 2.05) is 35.8 Å². The van der Waals surface area contributed by atoms with E-state index < -0.39 is 6.10 Å². The minimum atomic E-state index is -0.719. The average Bonchev–Trinajstić information content (AvgIpc) is 2.95. The predicted molar refractivity (Wildman–Crippen MR) is 99.0 cm³/mol. The van der Waals surface area contributed by atoms with Gasteiger partial charge in [-0.25, -0.2) is 4.98 Å². The number of carbonyl (C=O) groups is 1. The number of ether oxygens (including phenoxy) is 2. The molecule has 2 aromatic carbocycles. The molecule has 3 aromatic rings. The summed E-state index contributed by atoms with van der Waals surface area (Å²) in [6.45, 7) is 3.88. The third kappa shape index (κ3) is 3.70. The van der Waals surface area contributed by atoms with Crippen molar-refractivity contribution in [3.05, 3.63) is 53.9 Å². The van der Waals surface area contributed by atoms with Crippen LogP contribution in [0, 0.1) is 6.92 Å². The fourth-order valence-corrected chi connectivity index (χ4v) is 2.88. The Morgan fingerprint density at radius 2 is 2.00 bits per heavy atom. The molecule has 1 atom stereocenters. The molecule has 0 aliphatic rings. The maximum Gasteiger partial charge on any atom is 0.161 e. The molecule has 136 valence electrons. The number of rotatable bonds is 7. The third-order valence-electron chi connectivity index (χ3n) is 4.24. The lowest BCUT2D eigenvalue weighted by Crippen LogP contribution is -2.24. The van der Waals surface area contributed by atoms with Gasteiger partial charge in [-0.1, -0.05) is 12.1 Å². The van der Waals surface area contributed by atoms with Crippen LogP contribution in [0.5, 0.6) is 11.5 Å². The van der Waals surface area contributed by atoms with Crippen LogP contribution >= 0.6 is 0 Å². The molecule has 1 N–H and O–H groups in total. The van der Waals surface area contributed by atoms with Crippen LogP contribution in [0.2, 0.25) is 0 Å². The average molecular weight is 354 g/mol. The number of aromatic nitrogens is 2. The number of hydrogen-bond acceptors (Lipinski definition) is 5. The van der Waals surface area contributed by atoms with Crippen molar-refractivity contribution in [3.8, 4) is 11.5 Å². The van der Waals surface area contributed by atoms with Crippen LogP contribution in [0.3, 0.4) is 0 Å². The number of nitrogens with zero attached hydrogens (tertiary/aromatic N) is 2. The summed E-state index contributed by atoms with van der Waals surface area (Å²) in [7, 11) is 1.52. The van der Waals surface area contributed by atoms with Gasteiger partial charge in [0.2, 0.25) is 0 Å². The molecule has 0 aliphatic carbocycles. The molecule has 26 heavy (non-hydrogen) atoms. The Morgan fingerprint density at radius 3 is 2.73 bits per heavy atom. The van der Waals surface area contributed by atoms with E-state index in [4.69, 9.17) is 9.47 Å². The molecule has 0 amide bonds. The predicted octanol–water partition coefficient (Wildman–Crippen LogP) is 3.00. The van der Waals surface area contributed by atoms with Gasteiger partial charge in [-0.15, -0.1) is 0 Å². The highest BCUT2D eigenvalue weighted by Gasteiger charge is 2.14. The summed E-state index contributed by atoms with van der Waals surface area (Å²) in [5, 5.41) is 10.4. The Hall–Kier alpha value is -2.86. The summed E-state index contributed by atoms with van der Waals surface area (Å²) < 4.78 is 13.0. The normalized spacial score (nSPS) is 12.2. The Morgan fingerprint density at radius 1 is 1.23 bits per heavy atom. The molecule has 3 rings (SSSR count). The summed E-state index contributed by atoms with van der Waals surface area (Å²) in [6.07, 6.45) is -0.719. The Bertz CT molecular complexity index is 933. The number of para-hydroxylation sites is 2. The number of ketones is 1. The molecule has 6 heteroatoms. The first kappa shape index (κ1) is 17.9. The number of aryl methyl sites for hydroxylation is 1. The number of carbonyl (C=O) groups excluding carboxylic acids is 1. The van der Waals surface area contributed by atoms with Crippen molar-refractivity contribution in [2.24, 2.45) is 0 Å². The number of aliphatic hydroxyl groups is 1. The van der Waals surface area contributed by atoms with Gasteiger partial charge < -0.3 is 19.1 Å². The maximum atomic E-state index is 11.5. The van der Waals surface area contributed by atoms with Crippen molar-refractivity contribution < 1.29 is 19.4 Å². The molecule has 0 saturated carbocycles. The van der Waals surface area contributed by atoms with Crippen LogP contribution in [0.15, 0.2) is 42.5 Å². The SMILES string of the molecule is COc1cc(C(C)=O)ccc1OC[C@H](O)Cn1c(C)nc2ccccc21. The zero-order valence-corrected chi connectivity index (χ0v) is 15.1. The maximum absolute atomic E-state index is 11.5. The minimum Gasteiger partial charge on any atom is -0.493 e. The van der Waals surface area contributed by atoms with Gasteiger partial charge in [0, 0.05) is 5.56 Å². The molecule has 1 heterocycles. The molecule has 0 bridgehead atoms. The smallest absolute Gasteiger partial charge is 0.161 e. The second-order valence-corrected chi connectivity index (χ2v) is 6.14. The Balaban J connectivity index is 1.70. The number of methoxy groups -OCH3 is 1. The number of aliphatic hydroxyl groups excluding tert-OH is 1. The Kier molecular flexibility index (Phi) is 5.23. The van der Waals surface area contributed by atoms with Crippen molar-refractivity contribution in [3.63, 3.8) is 0 Å². The topological polar surface area (TPSA) is 73.6 Å². The van der Waals surface area contributed by atoms with Crippen LogP contribution < -0.4 is 9.47 Å². The Labute approximate surface area is 152 Å². The van der Waals surface area contributed by atoms with Crippen LogP contribution in [0.4, 0.5) is 0 Å². The van der Waals surface area contributed by atoms with Crippen molar-refractivity contribution in [1.29, 1.82) is 0 Å². The van der Waals surface area contributed by atoms with E-state index in [2.05, 4.69) is 4.98 Å². The van der Waals surface area contributed by atoms with Crippen LogP contribution in [0.25, 0.3) is 11.0 Å². The van der Waals surface area contributed by atoms with Crippen molar-refractivity contribution in [2.75, 3.05) is 13.7 Å². The zero-order chi connectivity index (χ0) is 18.7. The van der Waals surface area contributed by atoms with Gasteiger partial charge in [0.1, 0.15) is 18.5 Å². The summed E-state index contributed by atoms with van der Waals surface area (Å²) >= 11 is 0. The minimum absolute atomic E-state index is 0.0441. The van der Waals surface area contributed by atoms with E-state index in [-0.39, 0.29) is 12.4 Å². The molecule has 0 spiro atoms. The molecule has 0 saturated heterocycles. The first-order valence-electron chi connectivity index (χ1n) is 8.41. The third-order valence-corrected chi connectivity index (χ3v) is 4.24. The van der Waals surface area contributed by atoms with Gasteiger partial charge in [0.15, 0.2) is 17.3 Å². The molecule has 0 unspecified atom stereocenters. The van der Waals surface area contributed by atoms with Gasteiger partial charge in [-0.05, 0) is 44.2 Å².